The quantitative estimate of drug-likeness (QED) is 0.788. The SMILES string of the molecule is O=C(Oc1ccccc1Br)N1CCC2(CC1)OCCO2. The summed E-state index contributed by atoms with van der Waals surface area (Å²) in [6.45, 7) is 2.45. The van der Waals surface area contributed by atoms with Gasteiger partial charge in [-0.05, 0) is 28.1 Å². The summed E-state index contributed by atoms with van der Waals surface area (Å²) in [7, 11) is 0. The number of hydrogen-bond donors (Lipinski definition) is 0. The van der Waals surface area contributed by atoms with E-state index in [2.05, 4.69) is 15.9 Å². The number of carbonyl (C=O) groups excluding carboxylic acids is 1. The molecule has 0 atom stereocenters. The van der Waals surface area contributed by atoms with Gasteiger partial charge in [-0.2, -0.15) is 0 Å². The first kappa shape index (κ1) is 13.9. The first-order chi connectivity index (χ1) is 9.69. The molecule has 0 saturated carbocycles. The Bertz CT molecular complexity index is 492. The number of piperidine rings is 1. The molecule has 0 aromatic heterocycles. The van der Waals surface area contributed by atoms with Gasteiger partial charge in [0.05, 0.1) is 17.7 Å². The lowest BCUT2D eigenvalue weighted by Gasteiger charge is -2.36. The average molecular weight is 342 g/mol. The Morgan fingerprint density at radius 2 is 1.85 bits per heavy atom. The minimum atomic E-state index is -0.468. The van der Waals surface area contributed by atoms with Gasteiger partial charge >= 0.3 is 6.09 Å². The summed E-state index contributed by atoms with van der Waals surface area (Å²) in [6, 6.07) is 7.31. The summed E-state index contributed by atoms with van der Waals surface area (Å²) in [5.41, 5.74) is 0. The first-order valence-electron chi connectivity index (χ1n) is 6.68. The van der Waals surface area contributed by atoms with Crippen LogP contribution in [0.15, 0.2) is 28.7 Å². The van der Waals surface area contributed by atoms with Crippen molar-refractivity contribution in [2.24, 2.45) is 0 Å². The highest BCUT2D eigenvalue weighted by Gasteiger charge is 2.41. The van der Waals surface area contributed by atoms with Gasteiger partial charge in [0.2, 0.25) is 0 Å². The fourth-order valence-electron chi connectivity index (χ4n) is 2.50. The predicted octanol–water partition coefficient (Wildman–Crippen LogP) is 2.79. The lowest BCUT2D eigenvalue weighted by molar-refractivity contribution is -0.182. The van der Waals surface area contributed by atoms with Crippen LogP contribution < -0.4 is 4.74 Å². The highest BCUT2D eigenvalue weighted by Crippen LogP contribution is 2.32. The molecule has 0 unspecified atom stereocenters. The zero-order chi connectivity index (χ0) is 14.0. The van der Waals surface area contributed by atoms with Gasteiger partial charge in [-0.25, -0.2) is 4.79 Å². The fraction of sp³-hybridized carbons (Fsp3) is 0.500. The molecule has 0 bridgehead atoms. The van der Waals surface area contributed by atoms with Crippen LogP contribution >= 0.6 is 15.9 Å². The smallest absolute Gasteiger partial charge is 0.409 e. The molecule has 1 amide bonds. The number of benzene rings is 1. The Morgan fingerprint density at radius 1 is 1.20 bits per heavy atom. The lowest BCUT2D eigenvalue weighted by Crippen LogP contribution is -2.48. The molecule has 108 valence electrons. The molecule has 3 rings (SSSR count). The van der Waals surface area contributed by atoms with Gasteiger partial charge < -0.3 is 19.1 Å². The largest absolute Gasteiger partial charge is 0.415 e. The molecule has 20 heavy (non-hydrogen) atoms. The molecule has 6 heteroatoms. The Hall–Kier alpha value is -1.11. The van der Waals surface area contributed by atoms with Gasteiger partial charge in [0, 0.05) is 25.9 Å². The number of halogens is 1. The van der Waals surface area contributed by atoms with E-state index in [9.17, 15) is 4.79 Å². The van der Waals surface area contributed by atoms with Crippen LogP contribution in [0.25, 0.3) is 0 Å². The highest BCUT2D eigenvalue weighted by molar-refractivity contribution is 9.10. The number of amides is 1. The van der Waals surface area contributed by atoms with Crippen LogP contribution in [-0.4, -0.2) is 43.1 Å². The second-order valence-corrected chi connectivity index (χ2v) is 5.75. The number of carbonyl (C=O) groups is 1. The van der Waals surface area contributed by atoms with E-state index in [1.54, 1.807) is 11.0 Å². The van der Waals surface area contributed by atoms with E-state index in [1.807, 2.05) is 18.2 Å². The van der Waals surface area contributed by atoms with Gasteiger partial charge in [0.25, 0.3) is 0 Å². The third-order valence-electron chi connectivity index (χ3n) is 3.63. The molecule has 0 aliphatic carbocycles. The van der Waals surface area contributed by atoms with E-state index < -0.39 is 5.79 Å². The van der Waals surface area contributed by atoms with Gasteiger partial charge in [-0.1, -0.05) is 12.1 Å². The minimum Gasteiger partial charge on any atom is -0.409 e. The molecule has 2 aliphatic heterocycles. The maximum Gasteiger partial charge on any atom is 0.415 e. The van der Waals surface area contributed by atoms with E-state index in [0.29, 0.717) is 44.9 Å². The third kappa shape index (κ3) is 2.82. The van der Waals surface area contributed by atoms with E-state index in [0.717, 1.165) is 4.47 Å². The van der Waals surface area contributed by atoms with Crippen molar-refractivity contribution in [2.75, 3.05) is 26.3 Å². The summed E-state index contributed by atoms with van der Waals surface area (Å²) in [4.78, 5) is 13.8. The Morgan fingerprint density at radius 3 is 2.50 bits per heavy atom. The highest BCUT2D eigenvalue weighted by atomic mass is 79.9. The number of para-hydroxylation sites is 1. The Kier molecular flexibility index (Phi) is 3.96. The molecule has 2 aliphatic rings. The van der Waals surface area contributed by atoms with Crippen LogP contribution in [0.5, 0.6) is 5.75 Å². The van der Waals surface area contributed by atoms with E-state index in [4.69, 9.17) is 14.2 Å². The zero-order valence-electron chi connectivity index (χ0n) is 11.0. The topological polar surface area (TPSA) is 48.0 Å². The predicted molar refractivity (Wildman–Crippen MR) is 75.6 cm³/mol. The standard InChI is InChI=1S/C14H16BrNO4/c15-11-3-1-2-4-12(11)20-13(17)16-7-5-14(6-8-16)18-9-10-19-14/h1-4H,5-10H2. The Labute approximate surface area is 125 Å². The Balaban J connectivity index is 1.58. The van der Waals surface area contributed by atoms with Crippen molar-refractivity contribution in [3.8, 4) is 5.75 Å². The van der Waals surface area contributed by atoms with Crippen molar-refractivity contribution in [3.63, 3.8) is 0 Å². The van der Waals surface area contributed by atoms with E-state index in [-0.39, 0.29) is 6.09 Å². The second-order valence-electron chi connectivity index (χ2n) is 4.89. The zero-order valence-corrected chi connectivity index (χ0v) is 12.6. The van der Waals surface area contributed by atoms with Crippen LogP contribution in [0.4, 0.5) is 4.79 Å². The summed E-state index contributed by atoms with van der Waals surface area (Å²) >= 11 is 3.36. The second kappa shape index (κ2) is 5.71. The summed E-state index contributed by atoms with van der Waals surface area (Å²) in [6.07, 6.45) is 1.06. The molecule has 2 saturated heterocycles. The van der Waals surface area contributed by atoms with Gasteiger partial charge in [0.1, 0.15) is 5.75 Å². The molecule has 1 aromatic rings. The van der Waals surface area contributed by atoms with E-state index in [1.165, 1.54) is 0 Å². The van der Waals surface area contributed by atoms with Gasteiger partial charge in [0.15, 0.2) is 5.79 Å². The molecular weight excluding hydrogens is 326 g/mol. The number of rotatable bonds is 1. The normalized spacial score (nSPS) is 21.1. The summed E-state index contributed by atoms with van der Waals surface area (Å²) in [5, 5.41) is 0. The molecule has 2 fully saturated rings. The summed E-state index contributed by atoms with van der Waals surface area (Å²) in [5.74, 6) is 0.0653. The molecule has 1 spiro atoms. The van der Waals surface area contributed by atoms with Gasteiger partial charge in [-0.3, -0.25) is 0 Å². The lowest BCUT2D eigenvalue weighted by atomic mass is 10.0. The van der Waals surface area contributed by atoms with Crippen molar-refractivity contribution in [1.29, 1.82) is 0 Å². The number of ether oxygens (including phenoxy) is 3. The van der Waals surface area contributed by atoms with Crippen molar-refractivity contribution < 1.29 is 19.0 Å². The molecule has 0 radical (unpaired) electrons. The van der Waals surface area contributed by atoms with Crippen molar-refractivity contribution >= 4 is 22.0 Å². The fourth-order valence-corrected chi connectivity index (χ4v) is 2.87. The molecule has 5 nitrogen and oxygen atoms in total. The van der Waals surface area contributed by atoms with Crippen LogP contribution in [0, 0.1) is 0 Å². The number of likely N-dealkylation sites (tertiary alicyclic amines) is 1. The minimum absolute atomic E-state index is 0.329. The summed E-state index contributed by atoms with van der Waals surface area (Å²) < 4.78 is 17.4. The van der Waals surface area contributed by atoms with Crippen LogP contribution in [0.1, 0.15) is 12.8 Å². The number of hydrogen-bond acceptors (Lipinski definition) is 4. The molecule has 1 aromatic carbocycles. The monoisotopic (exact) mass is 341 g/mol. The van der Waals surface area contributed by atoms with Crippen LogP contribution in [-0.2, 0) is 9.47 Å². The molecular formula is C14H16BrNO4. The molecule has 0 N–H and O–H groups in total. The maximum atomic E-state index is 12.1. The van der Waals surface area contributed by atoms with Crippen molar-refractivity contribution in [1.82, 2.24) is 4.90 Å². The first-order valence-corrected chi connectivity index (χ1v) is 7.47. The van der Waals surface area contributed by atoms with Crippen molar-refractivity contribution in [3.05, 3.63) is 28.7 Å². The third-order valence-corrected chi connectivity index (χ3v) is 4.29. The van der Waals surface area contributed by atoms with Crippen LogP contribution in [0.2, 0.25) is 0 Å². The number of nitrogens with zero attached hydrogens (tertiary/aromatic N) is 1. The van der Waals surface area contributed by atoms with Gasteiger partial charge in [-0.15, -0.1) is 0 Å². The van der Waals surface area contributed by atoms with Crippen LogP contribution in [0.3, 0.4) is 0 Å². The molecule has 2 heterocycles. The van der Waals surface area contributed by atoms with E-state index >= 15 is 0 Å². The van der Waals surface area contributed by atoms with Crippen molar-refractivity contribution in [2.45, 2.75) is 18.6 Å². The maximum absolute atomic E-state index is 12.1. The average Bonchev–Trinajstić information content (AvgIpc) is 2.90.